The number of aromatic nitrogens is 1. The molecular formula is C12H12ClFN4O3Se. The topological polar surface area (TPSA) is 83.8 Å². The van der Waals surface area contributed by atoms with E-state index >= 15 is 0 Å². The van der Waals surface area contributed by atoms with Crippen molar-refractivity contribution >= 4 is 42.0 Å². The van der Waals surface area contributed by atoms with Crippen LogP contribution in [0.5, 0.6) is 0 Å². The van der Waals surface area contributed by atoms with E-state index in [4.69, 9.17) is 11.6 Å². The number of rotatable bonds is 6. The van der Waals surface area contributed by atoms with E-state index in [1.165, 1.54) is 18.2 Å². The minimum absolute atomic E-state index is 0.00812. The molecule has 0 unspecified atom stereocenters. The summed E-state index contributed by atoms with van der Waals surface area (Å²) in [4.78, 5) is 34.1. The van der Waals surface area contributed by atoms with Gasteiger partial charge in [0.1, 0.15) is 0 Å². The molecular weight excluding hydrogens is 382 g/mol. The number of carbonyl (C=O) groups excluding carboxylic acids is 1. The molecule has 0 spiro atoms. The number of carbonyl (C=O) groups is 1. The summed E-state index contributed by atoms with van der Waals surface area (Å²) in [6.45, 7) is 0.444. The van der Waals surface area contributed by atoms with Gasteiger partial charge in [-0.2, -0.15) is 0 Å². The van der Waals surface area contributed by atoms with Crippen LogP contribution in [-0.4, -0.2) is 48.3 Å². The molecule has 0 bridgehead atoms. The SMILES string of the molecule is O=NN(CCCl)C(=O)NCCn1[se]c2cc(F)ccc2c1=O. The monoisotopic (exact) mass is 394 g/mol. The van der Waals surface area contributed by atoms with Gasteiger partial charge in [0.15, 0.2) is 0 Å². The Morgan fingerprint density at radius 1 is 1.50 bits per heavy atom. The van der Waals surface area contributed by atoms with Crippen molar-refractivity contribution in [2.24, 2.45) is 5.29 Å². The van der Waals surface area contributed by atoms with Crippen molar-refractivity contribution in [3.8, 4) is 0 Å². The quantitative estimate of drug-likeness (QED) is 0.346. The van der Waals surface area contributed by atoms with Gasteiger partial charge in [0.25, 0.3) is 0 Å². The van der Waals surface area contributed by atoms with E-state index in [0.29, 0.717) is 14.7 Å². The number of hydrogen-bond donors (Lipinski definition) is 1. The van der Waals surface area contributed by atoms with Crippen LogP contribution < -0.4 is 10.9 Å². The Morgan fingerprint density at radius 3 is 2.95 bits per heavy atom. The number of nitrogens with one attached hydrogen (secondary N) is 1. The average Bonchev–Trinajstić information content (AvgIpc) is 2.80. The molecule has 0 atom stereocenters. The van der Waals surface area contributed by atoms with Gasteiger partial charge in [-0.1, -0.05) is 0 Å². The first-order valence-corrected chi connectivity index (χ1v) is 8.46. The number of amides is 2. The first-order valence-electron chi connectivity index (χ1n) is 6.31. The summed E-state index contributed by atoms with van der Waals surface area (Å²) < 4.78 is 15.4. The fourth-order valence-electron chi connectivity index (χ4n) is 1.81. The molecule has 7 nitrogen and oxygen atoms in total. The molecule has 22 heavy (non-hydrogen) atoms. The molecule has 0 saturated carbocycles. The Balaban J connectivity index is 2.00. The summed E-state index contributed by atoms with van der Waals surface area (Å²) in [5, 5.41) is 6.20. The van der Waals surface area contributed by atoms with Crippen LogP contribution in [0.15, 0.2) is 28.3 Å². The first-order chi connectivity index (χ1) is 10.6. The van der Waals surface area contributed by atoms with Gasteiger partial charge in [-0.05, 0) is 0 Å². The van der Waals surface area contributed by atoms with Crippen LogP contribution >= 0.6 is 11.6 Å². The van der Waals surface area contributed by atoms with E-state index in [9.17, 15) is 18.9 Å². The third kappa shape index (κ3) is 3.73. The zero-order valence-corrected chi connectivity index (χ0v) is 13.8. The van der Waals surface area contributed by atoms with Crippen molar-refractivity contribution in [1.82, 2.24) is 13.9 Å². The Kier molecular flexibility index (Phi) is 5.70. The van der Waals surface area contributed by atoms with E-state index in [1.807, 2.05) is 0 Å². The molecule has 0 aliphatic carbocycles. The molecule has 2 rings (SSSR count). The van der Waals surface area contributed by atoms with Crippen LogP contribution in [0.2, 0.25) is 0 Å². The van der Waals surface area contributed by atoms with Gasteiger partial charge in [0.05, 0.1) is 0 Å². The molecule has 2 amide bonds. The van der Waals surface area contributed by atoms with Crippen molar-refractivity contribution in [1.29, 1.82) is 0 Å². The zero-order valence-electron chi connectivity index (χ0n) is 11.3. The number of benzene rings is 1. The normalized spacial score (nSPS) is 10.6. The van der Waals surface area contributed by atoms with Crippen molar-refractivity contribution in [3.05, 3.63) is 39.3 Å². The number of fused-ring (bicyclic) bond motifs is 1. The van der Waals surface area contributed by atoms with Crippen molar-refractivity contribution in [2.45, 2.75) is 6.54 Å². The van der Waals surface area contributed by atoms with Gasteiger partial charge in [-0.25, -0.2) is 0 Å². The van der Waals surface area contributed by atoms with Gasteiger partial charge in [0.2, 0.25) is 0 Å². The Hall–Kier alpha value is -1.70. The number of nitrogens with zero attached hydrogens (tertiary/aromatic N) is 3. The Bertz CT molecular complexity index is 748. The number of hydrogen-bond acceptors (Lipinski definition) is 4. The number of urea groups is 1. The molecule has 10 heteroatoms. The summed E-state index contributed by atoms with van der Waals surface area (Å²) >= 11 is 5.12. The van der Waals surface area contributed by atoms with E-state index in [0.717, 1.165) is 0 Å². The maximum absolute atomic E-state index is 13.1. The van der Waals surface area contributed by atoms with E-state index in [2.05, 4.69) is 10.6 Å². The van der Waals surface area contributed by atoms with Crippen LogP contribution in [0.1, 0.15) is 0 Å². The van der Waals surface area contributed by atoms with Gasteiger partial charge >= 0.3 is 135 Å². The standard InChI is InChI=1S/C12H12ClFN4O3Se/c13-3-5-17(16-21)12(20)15-4-6-18-11(19)9-2-1-8(14)7-10(9)22-18/h1-2,7H,3-6H2,(H,15,20). The maximum atomic E-state index is 13.1. The molecule has 1 aromatic heterocycles. The summed E-state index contributed by atoms with van der Waals surface area (Å²) in [6, 6.07) is 3.40. The third-order valence-corrected chi connectivity index (χ3v) is 5.31. The number of nitroso groups, excluding NO2 is 1. The Labute approximate surface area is 135 Å². The van der Waals surface area contributed by atoms with Gasteiger partial charge < -0.3 is 0 Å². The van der Waals surface area contributed by atoms with E-state index in [1.54, 1.807) is 3.56 Å². The van der Waals surface area contributed by atoms with Crippen molar-refractivity contribution in [3.63, 3.8) is 0 Å². The molecule has 0 aliphatic heterocycles. The number of alkyl halides is 1. The van der Waals surface area contributed by atoms with Gasteiger partial charge in [0, 0.05) is 0 Å². The molecule has 0 radical (unpaired) electrons. The molecule has 0 aliphatic rings. The minimum atomic E-state index is -0.668. The molecule has 1 N–H and O–H groups in total. The summed E-state index contributed by atoms with van der Waals surface area (Å²) in [5.41, 5.74) is -0.185. The summed E-state index contributed by atoms with van der Waals surface area (Å²) in [7, 11) is 0. The van der Waals surface area contributed by atoms with Crippen LogP contribution in [0.25, 0.3) is 9.65 Å². The molecule has 118 valence electrons. The van der Waals surface area contributed by atoms with Crippen molar-refractivity contribution in [2.75, 3.05) is 19.0 Å². The average molecular weight is 394 g/mol. The third-order valence-electron chi connectivity index (χ3n) is 2.83. The predicted molar refractivity (Wildman–Crippen MR) is 81.7 cm³/mol. The molecule has 2 aromatic rings. The van der Waals surface area contributed by atoms with Gasteiger partial charge in [-0.15, -0.1) is 0 Å². The fourth-order valence-corrected chi connectivity index (χ4v) is 4.11. The predicted octanol–water partition coefficient (Wildman–Crippen LogP) is 1.13. The van der Waals surface area contributed by atoms with E-state index < -0.39 is 6.03 Å². The second-order valence-corrected chi connectivity index (χ2v) is 6.87. The second kappa shape index (κ2) is 7.53. The van der Waals surface area contributed by atoms with Crippen LogP contribution in [0, 0.1) is 10.7 Å². The number of halogens is 2. The molecule has 1 heterocycles. The van der Waals surface area contributed by atoms with Gasteiger partial charge in [-0.3, -0.25) is 0 Å². The molecule has 0 saturated heterocycles. The van der Waals surface area contributed by atoms with E-state index in [-0.39, 0.29) is 51.6 Å². The Morgan fingerprint density at radius 2 is 2.27 bits per heavy atom. The fraction of sp³-hybridized carbons (Fsp3) is 0.333. The van der Waals surface area contributed by atoms with Crippen molar-refractivity contribution < 1.29 is 9.18 Å². The first kappa shape index (κ1) is 16.7. The van der Waals surface area contributed by atoms with Crippen LogP contribution in [-0.2, 0) is 6.54 Å². The second-order valence-electron chi connectivity index (χ2n) is 4.26. The molecule has 1 aromatic carbocycles. The summed E-state index contributed by atoms with van der Waals surface area (Å²) in [6.07, 6.45) is 0. The summed E-state index contributed by atoms with van der Waals surface area (Å²) in [5.74, 6) is -0.286. The zero-order chi connectivity index (χ0) is 16.1. The van der Waals surface area contributed by atoms with Crippen LogP contribution in [0.3, 0.4) is 0 Å². The van der Waals surface area contributed by atoms with Crippen LogP contribution in [0.4, 0.5) is 9.18 Å². The molecule has 0 fully saturated rings.